The summed E-state index contributed by atoms with van der Waals surface area (Å²) in [7, 11) is 0. The number of aromatic nitrogens is 1. The van der Waals surface area contributed by atoms with Crippen molar-refractivity contribution in [3.8, 4) is 0 Å². The van der Waals surface area contributed by atoms with E-state index < -0.39 is 0 Å². The van der Waals surface area contributed by atoms with Crippen LogP contribution in [0.25, 0.3) is 10.9 Å². The van der Waals surface area contributed by atoms with Gasteiger partial charge in [0, 0.05) is 28.7 Å². The number of fused-ring (bicyclic) bond motifs is 1. The summed E-state index contributed by atoms with van der Waals surface area (Å²) in [5, 5.41) is 0.845. The van der Waals surface area contributed by atoms with Gasteiger partial charge in [0.2, 0.25) is 5.91 Å². The first kappa shape index (κ1) is 14.7. The topological polar surface area (TPSA) is 36.1 Å². The minimum absolute atomic E-state index is 0.215. The SMILES string of the molecule is Cc1[nH]c2ccc(F)cc2c1CC(=O)N(C1CCCC1)C1CC1. The van der Waals surface area contributed by atoms with Gasteiger partial charge in [0.25, 0.3) is 0 Å². The second kappa shape index (κ2) is 5.66. The number of carbonyl (C=O) groups is 1. The van der Waals surface area contributed by atoms with Gasteiger partial charge < -0.3 is 9.88 Å². The highest BCUT2D eigenvalue weighted by atomic mass is 19.1. The van der Waals surface area contributed by atoms with Crippen molar-refractivity contribution in [3.05, 3.63) is 35.3 Å². The van der Waals surface area contributed by atoms with Crippen LogP contribution in [0.2, 0.25) is 0 Å². The van der Waals surface area contributed by atoms with E-state index in [0.717, 1.165) is 47.8 Å². The van der Waals surface area contributed by atoms with Crippen molar-refractivity contribution in [1.82, 2.24) is 9.88 Å². The van der Waals surface area contributed by atoms with Crippen molar-refractivity contribution in [2.24, 2.45) is 0 Å². The van der Waals surface area contributed by atoms with E-state index in [2.05, 4.69) is 9.88 Å². The molecule has 2 aromatic rings. The van der Waals surface area contributed by atoms with Gasteiger partial charge in [-0.2, -0.15) is 0 Å². The summed E-state index contributed by atoms with van der Waals surface area (Å²) in [6.07, 6.45) is 7.42. The summed E-state index contributed by atoms with van der Waals surface area (Å²) < 4.78 is 13.6. The van der Waals surface area contributed by atoms with E-state index in [1.54, 1.807) is 12.1 Å². The molecule has 122 valence electrons. The second-order valence-electron chi connectivity index (χ2n) is 7.07. The van der Waals surface area contributed by atoms with Crippen LogP contribution in [0, 0.1) is 12.7 Å². The van der Waals surface area contributed by atoms with Gasteiger partial charge in [0.05, 0.1) is 6.42 Å². The predicted octanol–water partition coefficient (Wildman–Crippen LogP) is 4.09. The van der Waals surface area contributed by atoms with E-state index in [9.17, 15) is 9.18 Å². The fourth-order valence-electron chi connectivity index (χ4n) is 4.07. The van der Waals surface area contributed by atoms with Gasteiger partial charge in [-0.15, -0.1) is 0 Å². The number of carbonyl (C=O) groups excluding carboxylic acids is 1. The molecule has 2 fully saturated rings. The monoisotopic (exact) mass is 314 g/mol. The van der Waals surface area contributed by atoms with Gasteiger partial charge in [0.15, 0.2) is 0 Å². The summed E-state index contributed by atoms with van der Waals surface area (Å²) >= 11 is 0. The predicted molar refractivity (Wildman–Crippen MR) is 88.8 cm³/mol. The lowest BCUT2D eigenvalue weighted by Gasteiger charge is -2.29. The van der Waals surface area contributed by atoms with Crippen LogP contribution in [0.4, 0.5) is 4.39 Å². The first-order chi connectivity index (χ1) is 11.1. The quantitative estimate of drug-likeness (QED) is 0.906. The number of nitrogens with zero attached hydrogens (tertiary/aromatic N) is 1. The third-order valence-corrected chi connectivity index (χ3v) is 5.36. The number of hydrogen-bond donors (Lipinski definition) is 1. The number of H-pyrrole nitrogens is 1. The van der Waals surface area contributed by atoms with E-state index in [1.807, 2.05) is 6.92 Å². The van der Waals surface area contributed by atoms with Crippen LogP contribution in [0.5, 0.6) is 0 Å². The van der Waals surface area contributed by atoms with Gasteiger partial charge in [-0.3, -0.25) is 4.79 Å². The molecule has 2 aliphatic carbocycles. The summed E-state index contributed by atoms with van der Waals surface area (Å²) in [5.41, 5.74) is 2.83. The van der Waals surface area contributed by atoms with Crippen LogP contribution >= 0.6 is 0 Å². The first-order valence-electron chi connectivity index (χ1n) is 8.71. The van der Waals surface area contributed by atoms with Gasteiger partial charge in [-0.1, -0.05) is 12.8 Å². The summed E-state index contributed by atoms with van der Waals surface area (Å²) in [6.45, 7) is 1.97. The maximum atomic E-state index is 13.6. The average molecular weight is 314 g/mol. The highest BCUT2D eigenvalue weighted by Gasteiger charge is 2.38. The van der Waals surface area contributed by atoms with Crippen LogP contribution in [0.1, 0.15) is 49.8 Å². The van der Waals surface area contributed by atoms with E-state index in [4.69, 9.17) is 0 Å². The van der Waals surface area contributed by atoms with Crippen molar-refractivity contribution < 1.29 is 9.18 Å². The van der Waals surface area contributed by atoms with Gasteiger partial charge >= 0.3 is 0 Å². The van der Waals surface area contributed by atoms with E-state index >= 15 is 0 Å². The van der Waals surface area contributed by atoms with Crippen molar-refractivity contribution in [2.45, 2.75) is 64.0 Å². The molecule has 23 heavy (non-hydrogen) atoms. The molecule has 3 nitrogen and oxygen atoms in total. The van der Waals surface area contributed by atoms with Crippen molar-refractivity contribution >= 4 is 16.8 Å². The Balaban J connectivity index is 1.62. The van der Waals surface area contributed by atoms with E-state index in [-0.39, 0.29) is 11.7 Å². The maximum Gasteiger partial charge on any atom is 0.227 e. The third-order valence-electron chi connectivity index (χ3n) is 5.36. The molecule has 1 aromatic carbocycles. The average Bonchev–Trinajstić information content (AvgIpc) is 3.11. The van der Waals surface area contributed by atoms with Crippen LogP contribution in [0.15, 0.2) is 18.2 Å². The third kappa shape index (κ3) is 2.75. The number of halogens is 1. The Kier molecular flexibility index (Phi) is 3.63. The Morgan fingerprint density at radius 1 is 1.22 bits per heavy atom. The zero-order valence-corrected chi connectivity index (χ0v) is 13.6. The molecule has 1 amide bonds. The standard InChI is InChI=1S/C19H23FN2O/c1-12-16(17-10-13(20)6-9-18(17)21-12)11-19(23)22(15-7-8-15)14-4-2-3-5-14/h6,9-10,14-15,21H,2-5,7-8,11H2,1H3. The number of amides is 1. The lowest BCUT2D eigenvalue weighted by molar-refractivity contribution is -0.133. The Morgan fingerprint density at radius 3 is 2.61 bits per heavy atom. The number of aromatic amines is 1. The van der Waals surface area contributed by atoms with Crippen LogP contribution in [0.3, 0.4) is 0 Å². The van der Waals surface area contributed by atoms with Crippen LogP contribution < -0.4 is 0 Å². The Morgan fingerprint density at radius 2 is 1.91 bits per heavy atom. The molecule has 0 unspecified atom stereocenters. The minimum Gasteiger partial charge on any atom is -0.358 e. The highest BCUT2D eigenvalue weighted by molar-refractivity contribution is 5.90. The Bertz CT molecular complexity index is 741. The highest BCUT2D eigenvalue weighted by Crippen LogP contribution is 2.35. The molecule has 0 radical (unpaired) electrons. The number of aryl methyl sites for hydroxylation is 1. The van der Waals surface area contributed by atoms with Crippen LogP contribution in [-0.2, 0) is 11.2 Å². The molecule has 0 saturated heterocycles. The van der Waals surface area contributed by atoms with Crippen molar-refractivity contribution in [1.29, 1.82) is 0 Å². The molecule has 0 aliphatic heterocycles. The normalized spacial score (nSPS) is 18.7. The Hall–Kier alpha value is -1.84. The molecule has 0 spiro atoms. The van der Waals surface area contributed by atoms with E-state index in [0.29, 0.717) is 18.5 Å². The van der Waals surface area contributed by atoms with Gasteiger partial charge in [-0.25, -0.2) is 4.39 Å². The molecule has 1 heterocycles. The van der Waals surface area contributed by atoms with Gasteiger partial charge in [-0.05, 0) is 56.4 Å². The zero-order chi connectivity index (χ0) is 16.0. The maximum absolute atomic E-state index is 13.6. The van der Waals surface area contributed by atoms with Crippen molar-refractivity contribution in [3.63, 3.8) is 0 Å². The lowest BCUT2D eigenvalue weighted by Crippen LogP contribution is -2.41. The Labute approximate surface area is 135 Å². The molecular weight excluding hydrogens is 291 g/mol. The van der Waals surface area contributed by atoms with Crippen molar-refractivity contribution in [2.75, 3.05) is 0 Å². The molecule has 4 rings (SSSR count). The molecular formula is C19H23FN2O. The fraction of sp³-hybridized carbons (Fsp3) is 0.526. The molecule has 1 aromatic heterocycles. The van der Waals surface area contributed by atoms with E-state index in [1.165, 1.54) is 18.9 Å². The summed E-state index contributed by atoms with van der Waals surface area (Å²) in [6, 6.07) is 5.63. The molecule has 2 aliphatic rings. The molecule has 0 bridgehead atoms. The number of benzene rings is 1. The number of rotatable bonds is 4. The first-order valence-corrected chi connectivity index (χ1v) is 8.71. The molecule has 2 saturated carbocycles. The zero-order valence-electron chi connectivity index (χ0n) is 13.6. The largest absolute Gasteiger partial charge is 0.358 e. The van der Waals surface area contributed by atoms with Crippen LogP contribution in [-0.4, -0.2) is 27.9 Å². The van der Waals surface area contributed by atoms with Gasteiger partial charge in [0.1, 0.15) is 5.82 Å². The fourth-order valence-corrected chi connectivity index (χ4v) is 4.07. The summed E-state index contributed by atoms with van der Waals surface area (Å²) in [5.74, 6) is -0.0345. The molecule has 1 N–H and O–H groups in total. The summed E-state index contributed by atoms with van der Waals surface area (Å²) in [4.78, 5) is 18.4. The molecule has 0 atom stereocenters. The number of hydrogen-bond acceptors (Lipinski definition) is 1. The second-order valence-corrected chi connectivity index (χ2v) is 7.07. The molecule has 4 heteroatoms. The number of nitrogens with one attached hydrogen (secondary N) is 1. The minimum atomic E-state index is -0.250. The lowest BCUT2D eigenvalue weighted by atomic mass is 10.1. The smallest absolute Gasteiger partial charge is 0.227 e.